The predicted octanol–water partition coefficient (Wildman–Crippen LogP) is 2.98. The molecule has 1 saturated heterocycles. The third-order valence-electron chi connectivity index (χ3n) is 4.48. The number of alkyl halides is 3. The molecule has 10 heteroatoms. The number of carbonyl (C=O) groups is 2. The number of nitrogens with zero attached hydrogens (tertiary/aromatic N) is 3. The van der Waals surface area contributed by atoms with E-state index in [1.807, 2.05) is 0 Å². The summed E-state index contributed by atoms with van der Waals surface area (Å²) in [6.07, 6.45) is -3.72. The zero-order chi connectivity index (χ0) is 20.3. The summed E-state index contributed by atoms with van der Waals surface area (Å²) in [6, 6.07) is 4.46. The number of rotatable bonds is 3. The molecular formula is C18H19F3N4O2S. The van der Waals surface area contributed by atoms with Crippen LogP contribution in [-0.2, 0) is 17.4 Å². The fourth-order valence-electron chi connectivity index (χ4n) is 3.00. The summed E-state index contributed by atoms with van der Waals surface area (Å²) in [5.74, 6) is -0.132. The minimum Gasteiger partial charge on any atom is -0.351 e. The molecule has 150 valence electrons. The molecule has 3 amide bonds. The summed E-state index contributed by atoms with van der Waals surface area (Å²) in [6.45, 7) is 1.81. The molecule has 1 aliphatic rings. The molecule has 0 bridgehead atoms. The maximum absolute atomic E-state index is 12.9. The van der Waals surface area contributed by atoms with Crippen molar-refractivity contribution in [2.24, 2.45) is 5.73 Å². The number of hydrogen-bond acceptors (Lipinski definition) is 4. The van der Waals surface area contributed by atoms with E-state index in [0.29, 0.717) is 48.9 Å². The fraction of sp³-hybridized carbons (Fsp3) is 0.389. The Morgan fingerprint density at radius 3 is 2.57 bits per heavy atom. The highest BCUT2D eigenvalue weighted by Crippen LogP contribution is 2.33. The van der Waals surface area contributed by atoms with E-state index in [1.165, 1.54) is 22.3 Å². The molecule has 0 spiro atoms. The van der Waals surface area contributed by atoms with Crippen molar-refractivity contribution in [3.05, 3.63) is 40.9 Å². The van der Waals surface area contributed by atoms with Gasteiger partial charge in [0.05, 0.1) is 17.7 Å². The van der Waals surface area contributed by atoms with E-state index in [0.717, 1.165) is 12.1 Å². The molecule has 1 aromatic carbocycles. The highest BCUT2D eigenvalue weighted by molar-refractivity contribution is 7.13. The third-order valence-corrected chi connectivity index (χ3v) is 5.42. The second-order valence-electron chi connectivity index (χ2n) is 6.46. The lowest BCUT2D eigenvalue weighted by atomic mass is 10.1. The molecule has 0 aliphatic carbocycles. The van der Waals surface area contributed by atoms with Crippen LogP contribution in [0, 0.1) is 0 Å². The van der Waals surface area contributed by atoms with E-state index in [-0.39, 0.29) is 12.3 Å². The van der Waals surface area contributed by atoms with Crippen LogP contribution in [0.4, 0.5) is 18.0 Å². The van der Waals surface area contributed by atoms with Crippen molar-refractivity contribution in [1.29, 1.82) is 0 Å². The van der Waals surface area contributed by atoms with Crippen molar-refractivity contribution >= 4 is 23.3 Å². The van der Waals surface area contributed by atoms with Crippen molar-refractivity contribution in [1.82, 2.24) is 14.8 Å². The second-order valence-corrected chi connectivity index (χ2v) is 7.32. The van der Waals surface area contributed by atoms with Crippen molar-refractivity contribution in [3.63, 3.8) is 0 Å². The van der Waals surface area contributed by atoms with Crippen molar-refractivity contribution in [2.75, 3.05) is 26.2 Å². The number of benzene rings is 1. The van der Waals surface area contributed by atoms with Crippen LogP contribution in [0.5, 0.6) is 0 Å². The average Bonchev–Trinajstić information content (AvgIpc) is 2.95. The first-order valence-electron chi connectivity index (χ1n) is 8.68. The van der Waals surface area contributed by atoms with Crippen LogP contribution in [-0.4, -0.2) is 52.9 Å². The largest absolute Gasteiger partial charge is 0.416 e. The number of carbonyl (C=O) groups excluding carboxylic acids is 2. The Morgan fingerprint density at radius 2 is 1.86 bits per heavy atom. The molecule has 2 aromatic rings. The number of thiazole rings is 1. The molecule has 1 fully saturated rings. The SMILES string of the molecule is NC(=O)N1CCCN(C(=O)Cc2csc(-c3cccc(C(F)(F)F)c3)n2)CC1. The molecule has 3 rings (SSSR count). The molecule has 1 aliphatic heterocycles. The van der Waals surface area contributed by atoms with Gasteiger partial charge in [0.15, 0.2) is 0 Å². The topological polar surface area (TPSA) is 79.5 Å². The Balaban J connectivity index is 1.66. The number of nitrogens with two attached hydrogens (primary N) is 1. The highest BCUT2D eigenvalue weighted by atomic mass is 32.1. The average molecular weight is 412 g/mol. The van der Waals surface area contributed by atoms with Gasteiger partial charge in [-0.25, -0.2) is 9.78 Å². The quantitative estimate of drug-likeness (QED) is 0.842. The number of halogens is 3. The minimum atomic E-state index is -4.42. The summed E-state index contributed by atoms with van der Waals surface area (Å²) < 4.78 is 38.6. The van der Waals surface area contributed by atoms with Gasteiger partial charge in [-0.2, -0.15) is 13.2 Å². The van der Waals surface area contributed by atoms with Gasteiger partial charge in [0.1, 0.15) is 5.01 Å². The van der Waals surface area contributed by atoms with Crippen LogP contribution < -0.4 is 5.73 Å². The van der Waals surface area contributed by atoms with Gasteiger partial charge < -0.3 is 15.5 Å². The van der Waals surface area contributed by atoms with Crippen molar-refractivity contribution < 1.29 is 22.8 Å². The van der Waals surface area contributed by atoms with Gasteiger partial charge in [-0.1, -0.05) is 12.1 Å². The Labute approximate surface area is 163 Å². The first kappa shape index (κ1) is 20.1. The van der Waals surface area contributed by atoms with Crippen LogP contribution in [0.2, 0.25) is 0 Å². The van der Waals surface area contributed by atoms with Gasteiger partial charge in [-0.15, -0.1) is 11.3 Å². The van der Waals surface area contributed by atoms with E-state index in [4.69, 9.17) is 5.73 Å². The predicted molar refractivity (Wildman–Crippen MR) is 98.6 cm³/mol. The van der Waals surface area contributed by atoms with Crippen LogP contribution >= 0.6 is 11.3 Å². The number of amides is 3. The lowest BCUT2D eigenvalue weighted by Gasteiger charge is -2.20. The van der Waals surface area contributed by atoms with Crippen LogP contribution in [0.25, 0.3) is 10.6 Å². The minimum absolute atomic E-state index is 0.0615. The normalized spacial score (nSPS) is 15.4. The Hall–Kier alpha value is -2.62. The lowest BCUT2D eigenvalue weighted by Crippen LogP contribution is -2.40. The molecule has 1 aromatic heterocycles. The zero-order valence-electron chi connectivity index (χ0n) is 14.9. The fourth-order valence-corrected chi connectivity index (χ4v) is 3.82. The monoisotopic (exact) mass is 412 g/mol. The van der Waals surface area contributed by atoms with Gasteiger partial charge in [-0.3, -0.25) is 4.79 Å². The number of primary amides is 1. The maximum Gasteiger partial charge on any atom is 0.416 e. The molecule has 28 heavy (non-hydrogen) atoms. The van der Waals surface area contributed by atoms with Crippen LogP contribution in [0.3, 0.4) is 0 Å². The Bertz CT molecular complexity index is 869. The third kappa shape index (κ3) is 4.80. The van der Waals surface area contributed by atoms with Gasteiger partial charge >= 0.3 is 12.2 Å². The number of hydrogen-bond donors (Lipinski definition) is 1. The summed E-state index contributed by atoms with van der Waals surface area (Å²) in [5.41, 5.74) is 5.43. The molecule has 2 heterocycles. The molecule has 0 unspecified atom stereocenters. The Morgan fingerprint density at radius 1 is 1.14 bits per heavy atom. The molecule has 6 nitrogen and oxygen atoms in total. The van der Waals surface area contributed by atoms with Crippen LogP contribution in [0.15, 0.2) is 29.6 Å². The standard InChI is InChI=1S/C18H19F3N4O2S/c19-18(20,21)13-4-1-3-12(9-13)16-23-14(11-28-16)10-15(26)24-5-2-6-25(8-7-24)17(22)27/h1,3-4,9,11H,2,5-8,10H2,(H2,22,27). The first-order valence-corrected chi connectivity index (χ1v) is 9.56. The van der Waals surface area contributed by atoms with E-state index < -0.39 is 17.8 Å². The first-order chi connectivity index (χ1) is 13.2. The zero-order valence-corrected chi connectivity index (χ0v) is 15.7. The molecular weight excluding hydrogens is 393 g/mol. The lowest BCUT2D eigenvalue weighted by molar-refractivity contribution is -0.137. The number of urea groups is 1. The Kier molecular flexibility index (Phi) is 5.87. The molecule has 0 saturated carbocycles. The van der Waals surface area contributed by atoms with E-state index in [1.54, 1.807) is 16.3 Å². The van der Waals surface area contributed by atoms with E-state index in [9.17, 15) is 22.8 Å². The maximum atomic E-state index is 12.9. The van der Waals surface area contributed by atoms with Gasteiger partial charge in [-0.05, 0) is 18.6 Å². The van der Waals surface area contributed by atoms with Gasteiger partial charge in [0.25, 0.3) is 0 Å². The van der Waals surface area contributed by atoms with Crippen molar-refractivity contribution in [3.8, 4) is 10.6 Å². The second kappa shape index (κ2) is 8.17. The van der Waals surface area contributed by atoms with Crippen molar-refractivity contribution in [2.45, 2.75) is 19.0 Å². The van der Waals surface area contributed by atoms with Crippen LogP contribution in [0.1, 0.15) is 17.7 Å². The summed E-state index contributed by atoms with van der Waals surface area (Å²) in [5, 5.41) is 2.12. The summed E-state index contributed by atoms with van der Waals surface area (Å²) >= 11 is 1.20. The highest BCUT2D eigenvalue weighted by Gasteiger charge is 2.30. The van der Waals surface area contributed by atoms with E-state index in [2.05, 4.69) is 4.98 Å². The molecule has 0 atom stereocenters. The van der Waals surface area contributed by atoms with Gasteiger partial charge in [0.2, 0.25) is 5.91 Å². The molecule has 2 N–H and O–H groups in total. The summed E-state index contributed by atoms with van der Waals surface area (Å²) in [7, 11) is 0. The van der Waals surface area contributed by atoms with E-state index >= 15 is 0 Å². The van der Waals surface area contributed by atoms with Gasteiger partial charge in [0, 0.05) is 37.1 Å². The molecule has 0 radical (unpaired) electrons. The summed E-state index contributed by atoms with van der Waals surface area (Å²) in [4.78, 5) is 31.3. The smallest absolute Gasteiger partial charge is 0.351 e. The number of aromatic nitrogens is 1.